The minimum atomic E-state index is -4.10. The van der Waals surface area contributed by atoms with E-state index in [1.807, 2.05) is 38.1 Å². The van der Waals surface area contributed by atoms with Crippen LogP contribution in [-0.2, 0) is 32.6 Å². The normalized spacial score (nSPS) is 11.9. The van der Waals surface area contributed by atoms with Crippen LogP contribution in [0.3, 0.4) is 0 Å². The Morgan fingerprint density at radius 2 is 1.65 bits per heavy atom. The number of para-hydroxylation sites is 1. The molecule has 0 spiro atoms. The lowest BCUT2D eigenvalue weighted by atomic mass is 10.1. The molecule has 0 saturated carbocycles. The molecule has 2 amide bonds. The SMILES string of the molecule is CCCCNC(=O)C(C)N(Cc1cccc(OC)c1)C(=O)CN(c1ccccc1CC)S(=O)(=O)c1ccccc1. The summed E-state index contributed by atoms with van der Waals surface area (Å²) in [6.07, 6.45) is 2.32. The lowest BCUT2D eigenvalue weighted by Crippen LogP contribution is -2.51. The number of unbranched alkanes of at least 4 members (excludes halogenated alkanes) is 1. The average Bonchev–Trinajstić information content (AvgIpc) is 2.98. The topological polar surface area (TPSA) is 96.0 Å². The number of carbonyl (C=O) groups excluding carboxylic acids is 2. The number of sulfonamides is 1. The summed E-state index contributed by atoms with van der Waals surface area (Å²) in [5.41, 5.74) is 1.98. The largest absolute Gasteiger partial charge is 0.497 e. The van der Waals surface area contributed by atoms with E-state index in [1.165, 1.54) is 17.0 Å². The van der Waals surface area contributed by atoms with Crippen LogP contribution in [0.4, 0.5) is 5.69 Å². The quantitative estimate of drug-likeness (QED) is 0.284. The van der Waals surface area contributed by atoms with Gasteiger partial charge in [0.1, 0.15) is 18.3 Å². The molecule has 1 unspecified atom stereocenters. The molecule has 9 heteroatoms. The zero-order valence-corrected chi connectivity index (χ0v) is 24.5. The summed E-state index contributed by atoms with van der Waals surface area (Å²) in [6.45, 7) is 5.77. The van der Waals surface area contributed by atoms with E-state index in [0.717, 1.165) is 28.3 Å². The van der Waals surface area contributed by atoms with Crippen LogP contribution in [0, 0.1) is 0 Å². The van der Waals surface area contributed by atoms with Gasteiger partial charge in [-0.05, 0) is 61.2 Å². The summed E-state index contributed by atoms with van der Waals surface area (Å²) in [6, 6.07) is 21.6. The number of benzene rings is 3. The van der Waals surface area contributed by atoms with E-state index in [0.29, 0.717) is 24.4 Å². The number of anilines is 1. The van der Waals surface area contributed by atoms with Crippen LogP contribution in [0.15, 0.2) is 83.8 Å². The molecule has 40 heavy (non-hydrogen) atoms. The van der Waals surface area contributed by atoms with Crippen molar-refractivity contribution in [3.63, 3.8) is 0 Å². The highest BCUT2D eigenvalue weighted by Crippen LogP contribution is 2.28. The first-order valence-electron chi connectivity index (χ1n) is 13.6. The van der Waals surface area contributed by atoms with Crippen molar-refractivity contribution in [3.8, 4) is 5.75 Å². The monoisotopic (exact) mass is 565 g/mol. The first-order valence-corrected chi connectivity index (χ1v) is 15.0. The van der Waals surface area contributed by atoms with E-state index in [1.54, 1.807) is 56.5 Å². The van der Waals surface area contributed by atoms with Crippen LogP contribution >= 0.6 is 0 Å². The highest BCUT2D eigenvalue weighted by molar-refractivity contribution is 7.92. The summed E-state index contributed by atoms with van der Waals surface area (Å²) in [5.74, 6) is -0.169. The van der Waals surface area contributed by atoms with Crippen molar-refractivity contribution >= 4 is 27.5 Å². The highest BCUT2D eigenvalue weighted by atomic mass is 32.2. The molecule has 3 aromatic carbocycles. The molecule has 0 aliphatic rings. The number of nitrogens with zero attached hydrogens (tertiary/aromatic N) is 2. The number of ether oxygens (including phenoxy) is 1. The maximum atomic E-state index is 14.0. The number of hydrogen-bond donors (Lipinski definition) is 1. The van der Waals surface area contributed by atoms with Crippen molar-refractivity contribution in [1.82, 2.24) is 10.2 Å². The van der Waals surface area contributed by atoms with Gasteiger partial charge in [0.05, 0.1) is 17.7 Å². The minimum absolute atomic E-state index is 0.0819. The predicted octanol–water partition coefficient (Wildman–Crippen LogP) is 4.79. The van der Waals surface area contributed by atoms with Gasteiger partial charge in [-0.2, -0.15) is 0 Å². The molecular formula is C31H39N3O5S. The Bertz CT molecular complexity index is 1380. The Morgan fingerprint density at radius 1 is 0.950 bits per heavy atom. The van der Waals surface area contributed by atoms with Crippen LogP contribution in [0.1, 0.15) is 44.7 Å². The molecular weight excluding hydrogens is 526 g/mol. The molecule has 214 valence electrons. The molecule has 0 fully saturated rings. The second-order valence-corrected chi connectivity index (χ2v) is 11.4. The number of amides is 2. The van der Waals surface area contributed by atoms with Crippen molar-refractivity contribution in [3.05, 3.63) is 90.0 Å². The van der Waals surface area contributed by atoms with E-state index in [-0.39, 0.29) is 17.3 Å². The zero-order valence-electron chi connectivity index (χ0n) is 23.7. The Hall–Kier alpha value is -3.85. The molecule has 0 aliphatic carbocycles. The first kappa shape index (κ1) is 30.7. The van der Waals surface area contributed by atoms with Crippen LogP contribution in [-0.4, -0.2) is 51.4 Å². The summed E-state index contributed by atoms with van der Waals surface area (Å²) < 4.78 is 34.4. The molecule has 3 aromatic rings. The highest BCUT2D eigenvalue weighted by Gasteiger charge is 2.33. The fourth-order valence-electron chi connectivity index (χ4n) is 4.37. The standard InChI is InChI=1S/C31H39N3O5S/c1-5-7-20-32-31(36)24(3)33(22-25-14-13-16-27(21-25)39-4)30(35)23-34(29-19-12-11-15-26(29)6-2)40(37,38)28-17-9-8-10-18-28/h8-19,21,24H,5-7,20,22-23H2,1-4H3,(H,32,36). The minimum Gasteiger partial charge on any atom is -0.497 e. The molecule has 0 radical (unpaired) electrons. The van der Waals surface area contributed by atoms with Crippen molar-refractivity contribution in [2.24, 2.45) is 0 Å². The van der Waals surface area contributed by atoms with Gasteiger partial charge in [0.2, 0.25) is 11.8 Å². The van der Waals surface area contributed by atoms with Crippen LogP contribution in [0.5, 0.6) is 5.75 Å². The Labute approximate surface area is 238 Å². The summed E-state index contributed by atoms with van der Waals surface area (Å²) in [5, 5.41) is 2.90. The predicted molar refractivity (Wildman–Crippen MR) is 158 cm³/mol. The van der Waals surface area contributed by atoms with Gasteiger partial charge < -0.3 is 15.0 Å². The maximum Gasteiger partial charge on any atom is 0.264 e. The number of hydrogen-bond acceptors (Lipinski definition) is 5. The fraction of sp³-hybridized carbons (Fsp3) is 0.355. The van der Waals surface area contributed by atoms with Gasteiger partial charge in [-0.15, -0.1) is 0 Å². The van der Waals surface area contributed by atoms with Crippen LogP contribution in [0.2, 0.25) is 0 Å². The van der Waals surface area contributed by atoms with E-state index in [4.69, 9.17) is 4.74 Å². The molecule has 1 N–H and O–H groups in total. The smallest absolute Gasteiger partial charge is 0.264 e. The van der Waals surface area contributed by atoms with Gasteiger partial charge in [-0.25, -0.2) is 8.42 Å². The third kappa shape index (κ3) is 7.63. The average molecular weight is 566 g/mol. The van der Waals surface area contributed by atoms with Gasteiger partial charge in [0.25, 0.3) is 10.0 Å². The zero-order chi connectivity index (χ0) is 29.1. The summed E-state index contributed by atoms with van der Waals surface area (Å²) in [7, 11) is -2.54. The van der Waals surface area contributed by atoms with Gasteiger partial charge in [0.15, 0.2) is 0 Å². The molecule has 0 saturated heterocycles. The number of methoxy groups -OCH3 is 1. The molecule has 8 nitrogen and oxygen atoms in total. The number of rotatable bonds is 14. The molecule has 0 aromatic heterocycles. The first-order chi connectivity index (χ1) is 19.2. The second-order valence-electron chi connectivity index (χ2n) is 9.50. The van der Waals surface area contributed by atoms with Gasteiger partial charge in [-0.3, -0.25) is 13.9 Å². The number of nitrogens with one attached hydrogen (secondary N) is 1. The van der Waals surface area contributed by atoms with Crippen LogP contribution < -0.4 is 14.4 Å². The van der Waals surface area contributed by atoms with E-state index < -0.39 is 28.5 Å². The van der Waals surface area contributed by atoms with Crippen molar-refractivity contribution < 1.29 is 22.7 Å². The van der Waals surface area contributed by atoms with Gasteiger partial charge in [0, 0.05) is 13.1 Å². The van der Waals surface area contributed by atoms with E-state index in [9.17, 15) is 18.0 Å². The maximum absolute atomic E-state index is 14.0. The Morgan fingerprint density at radius 3 is 2.33 bits per heavy atom. The number of carbonyl (C=O) groups is 2. The lowest BCUT2D eigenvalue weighted by molar-refractivity contribution is -0.139. The third-order valence-electron chi connectivity index (χ3n) is 6.74. The third-order valence-corrected chi connectivity index (χ3v) is 8.51. The van der Waals surface area contributed by atoms with Gasteiger partial charge in [-0.1, -0.05) is 68.8 Å². The van der Waals surface area contributed by atoms with Crippen molar-refractivity contribution in [2.75, 3.05) is 24.5 Å². The number of aryl methyl sites for hydroxylation is 1. The lowest BCUT2D eigenvalue weighted by Gasteiger charge is -2.32. The molecule has 3 rings (SSSR count). The molecule has 0 aliphatic heterocycles. The molecule has 0 heterocycles. The summed E-state index contributed by atoms with van der Waals surface area (Å²) >= 11 is 0. The Kier molecular flexibility index (Phi) is 11.1. The van der Waals surface area contributed by atoms with Crippen LogP contribution in [0.25, 0.3) is 0 Å². The van der Waals surface area contributed by atoms with E-state index >= 15 is 0 Å². The fourth-order valence-corrected chi connectivity index (χ4v) is 5.85. The van der Waals surface area contributed by atoms with Crippen molar-refractivity contribution in [2.45, 2.75) is 57.5 Å². The Balaban J connectivity index is 2.03. The van der Waals surface area contributed by atoms with Crippen molar-refractivity contribution in [1.29, 1.82) is 0 Å². The molecule has 1 atom stereocenters. The van der Waals surface area contributed by atoms with Gasteiger partial charge >= 0.3 is 0 Å². The van der Waals surface area contributed by atoms with E-state index in [2.05, 4.69) is 5.32 Å². The second kappa shape index (κ2) is 14.5. The summed E-state index contributed by atoms with van der Waals surface area (Å²) in [4.78, 5) is 28.6. The molecule has 0 bridgehead atoms.